The Morgan fingerprint density at radius 1 is 1.50 bits per heavy atom. The fourth-order valence-electron chi connectivity index (χ4n) is 1.08. The molecule has 51 valence electrons. The van der Waals surface area contributed by atoms with E-state index in [1.807, 2.05) is 18.9 Å². The lowest BCUT2D eigenvalue weighted by atomic mass is 10.1. The summed E-state index contributed by atoms with van der Waals surface area (Å²) in [6, 6.07) is 1.89. The van der Waals surface area contributed by atoms with Crippen molar-refractivity contribution in [3.63, 3.8) is 0 Å². The van der Waals surface area contributed by atoms with Gasteiger partial charge in [0.05, 0.1) is 0 Å². The molecular weight excluding hydrogens is 126 g/mol. The average Bonchev–Trinajstić information content (AvgIpc) is 2.05. The minimum absolute atomic E-state index is 0.959. The predicted octanol–water partition coefficient (Wildman–Crippen LogP) is 1.57. The summed E-state index contributed by atoms with van der Waals surface area (Å²) in [5.41, 5.74) is 1.21. The van der Waals surface area contributed by atoms with E-state index in [2.05, 4.69) is 4.98 Å². The number of fused-ring (bicyclic) bond motifs is 1. The highest BCUT2D eigenvalue weighted by Crippen LogP contribution is 2.23. The molecule has 0 unspecified atom stereocenters. The molecule has 0 aromatic carbocycles. The van der Waals surface area contributed by atoms with Crippen LogP contribution in [0.1, 0.15) is 12.0 Å². The van der Waals surface area contributed by atoms with E-state index in [-0.39, 0.29) is 0 Å². The zero-order valence-corrected chi connectivity index (χ0v) is 5.58. The molecule has 2 rings (SSSR count). The third-order valence-corrected chi connectivity index (χ3v) is 1.60. The van der Waals surface area contributed by atoms with Gasteiger partial charge in [-0.3, -0.25) is 4.98 Å². The number of pyridine rings is 1. The molecule has 0 bridgehead atoms. The summed E-state index contributed by atoms with van der Waals surface area (Å²) < 4.78 is 5.26. The lowest BCUT2D eigenvalue weighted by molar-refractivity contribution is 0.365. The average molecular weight is 134 g/mol. The van der Waals surface area contributed by atoms with Crippen LogP contribution in [0, 0.1) is 6.61 Å². The van der Waals surface area contributed by atoms with Crippen molar-refractivity contribution in [3.05, 3.63) is 30.6 Å². The highest BCUT2D eigenvalue weighted by molar-refractivity contribution is 5.32. The highest BCUT2D eigenvalue weighted by Gasteiger charge is 2.08. The van der Waals surface area contributed by atoms with Crippen LogP contribution < -0.4 is 4.74 Å². The number of rotatable bonds is 0. The normalized spacial score (nSPS) is 15.6. The van der Waals surface area contributed by atoms with Gasteiger partial charge in [0, 0.05) is 18.0 Å². The van der Waals surface area contributed by atoms with Gasteiger partial charge in [-0.1, -0.05) is 0 Å². The number of nitrogens with zero attached hydrogens (tertiary/aromatic N) is 1. The Labute approximate surface area is 59.9 Å². The molecule has 0 amide bonds. The standard InChI is InChI=1S/C8H8NO/c1-2-7-6-9-4-3-8(7)10-5-1/h3-6H,1-2H2. The summed E-state index contributed by atoms with van der Waals surface area (Å²) in [7, 11) is 0. The van der Waals surface area contributed by atoms with Crippen molar-refractivity contribution in [2.75, 3.05) is 0 Å². The van der Waals surface area contributed by atoms with E-state index in [9.17, 15) is 0 Å². The summed E-state index contributed by atoms with van der Waals surface area (Å²) in [6.07, 6.45) is 5.67. The van der Waals surface area contributed by atoms with Gasteiger partial charge in [-0.05, 0) is 18.9 Å². The molecular formula is C8H8NO. The molecule has 0 N–H and O–H groups in total. The SMILES string of the molecule is [CH]1CCc2cnccc2O1. The first-order valence-corrected chi connectivity index (χ1v) is 3.38. The molecule has 0 atom stereocenters. The molecule has 0 saturated carbocycles. The molecule has 1 aliphatic rings. The van der Waals surface area contributed by atoms with Crippen molar-refractivity contribution >= 4 is 0 Å². The van der Waals surface area contributed by atoms with Gasteiger partial charge >= 0.3 is 0 Å². The van der Waals surface area contributed by atoms with Crippen LogP contribution in [-0.2, 0) is 6.42 Å². The Hall–Kier alpha value is -1.05. The van der Waals surface area contributed by atoms with Crippen molar-refractivity contribution in [3.8, 4) is 5.75 Å². The maximum atomic E-state index is 5.26. The monoisotopic (exact) mass is 134 g/mol. The van der Waals surface area contributed by atoms with Gasteiger partial charge in [0.2, 0.25) is 0 Å². The molecule has 1 aromatic heterocycles. The van der Waals surface area contributed by atoms with E-state index in [0.29, 0.717) is 0 Å². The van der Waals surface area contributed by atoms with E-state index in [4.69, 9.17) is 4.74 Å². The zero-order valence-electron chi connectivity index (χ0n) is 5.58. The topological polar surface area (TPSA) is 22.1 Å². The first-order chi connectivity index (χ1) is 4.97. The van der Waals surface area contributed by atoms with Crippen LogP contribution in [0.3, 0.4) is 0 Å². The Kier molecular flexibility index (Phi) is 1.31. The van der Waals surface area contributed by atoms with Gasteiger partial charge in [0.15, 0.2) is 0 Å². The third-order valence-electron chi connectivity index (χ3n) is 1.60. The molecule has 2 heteroatoms. The van der Waals surface area contributed by atoms with E-state index >= 15 is 0 Å². The smallest absolute Gasteiger partial charge is 0.136 e. The summed E-state index contributed by atoms with van der Waals surface area (Å²) in [4.78, 5) is 4.00. The Morgan fingerprint density at radius 3 is 3.40 bits per heavy atom. The van der Waals surface area contributed by atoms with Gasteiger partial charge < -0.3 is 4.74 Å². The number of aryl methyl sites for hydroxylation is 1. The number of hydrogen-bond donors (Lipinski definition) is 0. The fourth-order valence-corrected chi connectivity index (χ4v) is 1.08. The van der Waals surface area contributed by atoms with Gasteiger partial charge in [-0.2, -0.15) is 0 Å². The summed E-state index contributed by atoms with van der Waals surface area (Å²) in [6.45, 7) is 1.84. The minimum Gasteiger partial charge on any atom is -0.486 e. The molecule has 0 spiro atoms. The number of hydrogen-bond acceptors (Lipinski definition) is 2. The third kappa shape index (κ3) is 0.856. The van der Waals surface area contributed by atoms with Crippen molar-refractivity contribution in [2.24, 2.45) is 0 Å². The van der Waals surface area contributed by atoms with Crippen LogP contribution in [0.5, 0.6) is 5.75 Å². The van der Waals surface area contributed by atoms with E-state index in [0.717, 1.165) is 18.6 Å². The summed E-state index contributed by atoms with van der Waals surface area (Å²) >= 11 is 0. The lowest BCUT2D eigenvalue weighted by Gasteiger charge is -2.14. The molecule has 2 nitrogen and oxygen atoms in total. The predicted molar refractivity (Wildman–Crippen MR) is 37.5 cm³/mol. The maximum absolute atomic E-state index is 5.26. The van der Waals surface area contributed by atoms with Crippen molar-refractivity contribution < 1.29 is 4.74 Å². The molecule has 1 radical (unpaired) electrons. The van der Waals surface area contributed by atoms with Gasteiger partial charge in [0.1, 0.15) is 12.4 Å². The van der Waals surface area contributed by atoms with Crippen LogP contribution >= 0.6 is 0 Å². The minimum atomic E-state index is 0.959. The number of ether oxygens (including phenoxy) is 1. The van der Waals surface area contributed by atoms with Crippen LogP contribution in [0.4, 0.5) is 0 Å². The van der Waals surface area contributed by atoms with Crippen LogP contribution in [0.25, 0.3) is 0 Å². The van der Waals surface area contributed by atoms with E-state index < -0.39 is 0 Å². The van der Waals surface area contributed by atoms with Crippen molar-refractivity contribution in [1.29, 1.82) is 0 Å². The molecule has 2 heterocycles. The molecule has 1 aromatic rings. The largest absolute Gasteiger partial charge is 0.486 e. The molecule has 0 aliphatic carbocycles. The Balaban J connectivity index is 2.41. The molecule has 0 saturated heterocycles. The molecule has 1 aliphatic heterocycles. The van der Waals surface area contributed by atoms with Gasteiger partial charge in [-0.15, -0.1) is 0 Å². The highest BCUT2D eigenvalue weighted by atomic mass is 16.5. The van der Waals surface area contributed by atoms with Crippen LogP contribution in [-0.4, -0.2) is 4.98 Å². The second-order valence-electron chi connectivity index (χ2n) is 2.31. The van der Waals surface area contributed by atoms with Crippen molar-refractivity contribution in [1.82, 2.24) is 4.98 Å². The molecule has 10 heavy (non-hydrogen) atoms. The fraction of sp³-hybridized carbons (Fsp3) is 0.250. The summed E-state index contributed by atoms with van der Waals surface area (Å²) in [5, 5.41) is 0. The first-order valence-electron chi connectivity index (χ1n) is 3.38. The quantitative estimate of drug-likeness (QED) is 0.537. The summed E-state index contributed by atoms with van der Waals surface area (Å²) in [5.74, 6) is 0.959. The van der Waals surface area contributed by atoms with Gasteiger partial charge in [0.25, 0.3) is 0 Å². The van der Waals surface area contributed by atoms with Gasteiger partial charge in [-0.25, -0.2) is 0 Å². The number of aromatic nitrogens is 1. The van der Waals surface area contributed by atoms with E-state index in [1.54, 1.807) is 6.20 Å². The van der Waals surface area contributed by atoms with Crippen molar-refractivity contribution in [2.45, 2.75) is 12.8 Å². The van der Waals surface area contributed by atoms with Crippen LogP contribution in [0.15, 0.2) is 18.5 Å². The zero-order chi connectivity index (χ0) is 6.81. The van der Waals surface area contributed by atoms with E-state index in [1.165, 1.54) is 5.56 Å². The second kappa shape index (κ2) is 2.29. The van der Waals surface area contributed by atoms with Crippen LogP contribution in [0.2, 0.25) is 0 Å². The Morgan fingerprint density at radius 2 is 2.50 bits per heavy atom. The lowest BCUT2D eigenvalue weighted by Crippen LogP contribution is -2.03. The second-order valence-corrected chi connectivity index (χ2v) is 2.31. The Bertz CT molecular complexity index is 209. The molecule has 0 fully saturated rings. The maximum Gasteiger partial charge on any atom is 0.136 e. The first kappa shape index (κ1) is 5.71.